The number of hydrogen-bond donors (Lipinski definition) is 1. The molecule has 114 valence electrons. The molecule has 1 atom stereocenters. The fourth-order valence-electron chi connectivity index (χ4n) is 2.59. The second kappa shape index (κ2) is 6.07. The van der Waals surface area contributed by atoms with E-state index in [0.29, 0.717) is 30.7 Å². The highest BCUT2D eigenvalue weighted by Crippen LogP contribution is 2.28. The predicted octanol–water partition coefficient (Wildman–Crippen LogP) is 2.15. The van der Waals surface area contributed by atoms with Crippen molar-refractivity contribution in [2.45, 2.75) is 20.3 Å². The van der Waals surface area contributed by atoms with E-state index in [1.807, 2.05) is 0 Å². The standard InChI is InChI=1S/C14H20N4O3/c1-9(2)10-4-5-17(8-10)14(19)11-6-13(15-3)16-7-12(11)18(20)21/h6-7,9-10H,4-5,8H2,1-3H3,(H,15,16). The largest absolute Gasteiger partial charge is 0.373 e. The van der Waals surface area contributed by atoms with Gasteiger partial charge >= 0.3 is 0 Å². The zero-order valence-electron chi connectivity index (χ0n) is 12.5. The van der Waals surface area contributed by atoms with Crippen molar-refractivity contribution in [1.82, 2.24) is 9.88 Å². The van der Waals surface area contributed by atoms with E-state index in [4.69, 9.17) is 0 Å². The second-order valence-corrected chi connectivity index (χ2v) is 5.64. The molecule has 0 spiro atoms. The van der Waals surface area contributed by atoms with Crippen LogP contribution in [0.15, 0.2) is 12.3 Å². The van der Waals surface area contributed by atoms with Crippen LogP contribution in [0.3, 0.4) is 0 Å². The van der Waals surface area contributed by atoms with Crippen molar-refractivity contribution in [3.05, 3.63) is 27.9 Å². The molecule has 0 bridgehead atoms. The smallest absolute Gasteiger partial charge is 0.300 e. The first-order valence-electron chi connectivity index (χ1n) is 7.05. The van der Waals surface area contributed by atoms with E-state index in [1.165, 1.54) is 6.07 Å². The lowest BCUT2D eigenvalue weighted by Gasteiger charge is -2.18. The molecule has 7 heteroatoms. The molecule has 1 fully saturated rings. The number of rotatable bonds is 4. The molecule has 1 N–H and O–H groups in total. The lowest BCUT2D eigenvalue weighted by Crippen LogP contribution is -2.30. The number of carbonyl (C=O) groups is 1. The zero-order valence-corrected chi connectivity index (χ0v) is 12.5. The third-order valence-corrected chi connectivity index (χ3v) is 4.02. The minimum atomic E-state index is -0.560. The van der Waals surface area contributed by atoms with Gasteiger partial charge in [0, 0.05) is 26.2 Å². The van der Waals surface area contributed by atoms with Crippen LogP contribution in [0.4, 0.5) is 11.5 Å². The lowest BCUT2D eigenvalue weighted by molar-refractivity contribution is -0.385. The number of anilines is 1. The molecule has 1 aliphatic rings. The Morgan fingerprint density at radius 2 is 2.29 bits per heavy atom. The van der Waals surface area contributed by atoms with Gasteiger partial charge in [-0.2, -0.15) is 0 Å². The molecule has 0 aromatic carbocycles. The van der Waals surface area contributed by atoms with E-state index in [1.54, 1.807) is 11.9 Å². The fourth-order valence-corrected chi connectivity index (χ4v) is 2.59. The Balaban J connectivity index is 2.28. The Morgan fingerprint density at radius 3 is 2.81 bits per heavy atom. The van der Waals surface area contributed by atoms with E-state index in [2.05, 4.69) is 24.1 Å². The molecule has 0 radical (unpaired) electrons. The van der Waals surface area contributed by atoms with E-state index >= 15 is 0 Å². The lowest BCUT2D eigenvalue weighted by atomic mass is 9.95. The summed E-state index contributed by atoms with van der Waals surface area (Å²) in [7, 11) is 1.66. The van der Waals surface area contributed by atoms with E-state index in [-0.39, 0.29) is 17.2 Å². The third kappa shape index (κ3) is 3.12. The molecule has 21 heavy (non-hydrogen) atoms. The molecule has 7 nitrogen and oxygen atoms in total. The van der Waals surface area contributed by atoms with Crippen molar-refractivity contribution >= 4 is 17.4 Å². The van der Waals surface area contributed by atoms with Crippen molar-refractivity contribution in [3.63, 3.8) is 0 Å². The molecular formula is C14H20N4O3. The van der Waals surface area contributed by atoms with Crippen molar-refractivity contribution in [3.8, 4) is 0 Å². The molecule has 1 aromatic rings. The van der Waals surface area contributed by atoms with Crippen molar-refractivity contribution in [2.75, 3.05) is 25.5 Å². The number of aromatic nitrogens is 1. The summed E-state index contributed by atoms with van der Waals surface area (Å²) < 4.78 is 0. The zero-order chi connectivity index (χ0) is 15.6. The Kier molecular flexibility index (Phi) is 4.40. The van der Waals surface area contributed by atoms with Crippen LogP contribution >= 0.6 is 0 Å². The number of amides is 1. The molecule has 2 rings (SSSR count). The van der Waals surface area contributed by atoms with E-state index < -0.39 is 4.92 Å². The van der Waals surface area contributed by atoms with Gasteiger partial charge < -0.3 is 10.2 Å². The number of hydrogen-bond acceptors (Lipinski definition) is 5. The first-order chi connectivity index (χ1) is 9.93. The average Bonchev–Trinajstić information content (AvgIpc) is 2.95. The maximum absolute atomic E-state index is 12.6. The van der Waals surface area contributed by atoms with Crippen LogP contribution in [0.1, 0.15) is 30.6 Å². The number of likely N-dealkylation sites (tertiary alicyclic amines) is 1. The van der Waals surface area contributed by atoms with Gasteiger partial charge in [-0.05, 0) is 18.3 Å². The summed E-state index contributed by atoms with van der Waals surface area (Å²) in [5.41, 5.74) is -0.143. The summed E-state index contributed by atoms with van der Waals surface area (Å²) in [5, 5.41) is 13.9. The SMILES string of the molecule is CNc1cc(C(=O)N2CCC(C(C)C)C2)c([N+](=O)[O-])cn1. The Morgan fingerprint density at radius 1 is 1.57 bits per heavy atom. The Labute approximate surface area is 123 Å². The first kappa shape index (κ1) is 15.2. The number of nitrogens with zero attached hydrogens (tertiary/aromatic N) is 3. The van der Waals surface area contributed by atoms with Gasteiger partial charge in [0.1, 0.15) is 17.6 Å². The van der Waals surface area contributed by atoms with E-state index in [0.717, 1.165) is 12.6 Å². The molecule has 1 aliphatic heterocycles. The molecule has 1 unspecified atom stereocenters. The van der Waals surface area contributed by atoms with Gasteiger partial charge in [-0.1, -0.05) is 13.8 Å². The van der Waals surface area contributed by atoms with E-state index in [9.17, 15) is 14.9 Å². The molecule has 1 aromatic heterocycles. The van der Waals surface area contributed by atoms with Crippen molar-refractivity contribution in [2.24, 2.45) is 11.8 Å². The number of nitro groups is 1. The minimum Gasteiger partial charge on any atom is -0.373 e. The van der Waals surface area contributed by atoms with Crippen molar-refractivity contribution < 1.29 is 9.72 Å². The fraction of sp³-hybridized carbons (Fsp3) is 0.571. The average molecular weight is 292 g/mol. The molecule has 1 amide bonds. The van der Waals surface area contributed by atoms with Crippen LogP contribution in [0, 0.1) is 22.0 Å². The summed E-state index contributed by atoms with van der Waals surface area (Å²) in [6, 6.07) is 1.45. The Hall–Kier alpha value is -2.18. The highest BCUT2D eigenvalue weighted by molar-refractivity contribution is 5.98. The van der Waals surface area contributed by atoms with Gasteiger partial charge in [0.05, 0.1) is 4.92 Å². The highest BCUT2D eigenvalue weighted by Gasteiger charge is 2.32. The Bertz CT molecular complexity index is 559. The molecule has 2 heterocycles. The first-order valence-corrected chi connectivity index (χ1v) is 7.05. The molecule has 0 aliphatic carbocycles. The normalized spacial score (nSPS) is 18.1. The monoisotopic (exact) mass is 292 g/mol. The maximum atomic E-state index is 12.6. The number of pyridine rings is 1. The van der Waals surface area contributed by atoms with Crippen LogP contribution in [-0.2, 0) is 0 Å². The van der Waals surface area contributed by atoms with Crippen LogP contribution < -0.4 is 5.32 Å². The number of nitrogens with one attached hydrogen (secondary N) is 1. The summed E-state index contributed by atoms with van der Waals surface area (Å²) in [6.45, 7) is 5.57. The molecule has 1 saturated heterocycles. The van der Waals surface area contributed by atoms with Crippen LogP contribution in [-0.4, -0.2) is 40.9 Å². The predicted molar refractivity (Wildman–Crippen MR) is 79.3 cm³/mol. The summed E-state index contributed by atoms with van der Waals surface area (Å²) in [4.78, 5) is 28.7. The maximum Gasteiger partial charge on any atom is 0.300 e. The minimum absolute atomic E-state index is 0.101. The van der Waals surface area contributed by atoms with Gasteiger partial charge in [-0.15, -0.1) is 0 Å². The summed E-state index contributed by atoms with van der Waals surface area (Å²) in [6.07, 6.45) is 2.08. The van der Waals surface area contributed by atoms with Gasteiger partial charge in [0.25, 0.3) is 11.6 Å². The van der Waals surface area contributed by atoms with Crippen LogP contribution in [0.2, 0.25) is 0 Å². The second-order valence-electron chi connectivity index (χ2n) is 5.64. The van der Waals surface area contributed by atoms with Crippen molar-refractivity contribution in [1.29, 1.82) is 0 Å². The summed E-state index contributed by atoms with van der Waals surface area (Å²) >= 11 is 0. The van der Waals surface area contributed by atoms with Gasteiger partial charge in [0.2, 0.25) is 0 Å². The quantitative estimate of drug-likeness (QED) is 0.678. The van der Waals surface area contributed by atoms with Gasteiger partial charge in [0.15, 0.2) is 0 Å². The number of carbonyl (C=O) groups excluding carboxylic acids is 1. The molecule has 0 saturated carbocycles. The highest BCUT2D eigenvalue weighted by atomic mass is 16.6. The van der Waals surface area contributed by atoms with Crippen LogP contribution in [0.5, 0.6) is 0 Å². The third-order valence-electron chi connectivity index (χ3n) is 4.02. The van der Waals surface area contributed by atoms with Gasteiger partial charge in [-0.25, -0.2) is 4.98 Å². The molecular weight excluding hydrogens is 272 g/mol. The topological polar surface area (TPSA) is 88.4 Å². The summed E-state index contributed by atoms with van der Waals surface area (Å²) in [5.74, 6) is 1.12. The van der Waals surface area contributed by atoms with Gasteiger partial charge in [-0.3, -0.25) is 14.9 Å². The van der Waals surface area contributed by atoms with Crippen LogP contribution in [0.25, 0.3) is 0 Å².